The molecule has 2 aromatic rings. The minimum Gasteiger partial charge on any atom is -0.342 e. The number of nitrogens with zero attached hydrogens (tertiary/aromatic N) is 1. The maximum Gasteiger partial charge on any atom is 0.263 e. The summed E-state index contributed by atoms with van der Waals surface area (Å²) in [5.41, 5.74) is 3.32. The zero-order valence-corrected chi connectivity index (χ0v) is 17.8. The van der Waals surface area contributed by atoms with Crippen LogP contribution < -0.4 is 5.32 Å². The van der Waals surface area contributed by atoms with E-state index in [1.807, 2.05) is 12.1 Å². The van der Waals surface area contributed by atoms with Gasteiger partial charge in [-0.05, 0) is 60.8 Å². The highest BCUT2D eigenvalue weighted by molar-refractivity contribution is 5.82. The molecule has 0 aromatic heterocycles. The lowest BCUT2D eigenvalue weighted by atomic mass is 9.64. The van der Waals surface area contributed by atoms with Gasteiger partial charge in [-0.25, -0.2) is 8.78 Å². The van der Waals surface area contributed by atoms with Crippen LogP contribution in [0, 0.1) is 5.92 Å². The van der Waals surface area contributed by atoms with Crippen molar-refractivity contribution in [3.8, 4) is 0 Å². The second-order valence-corrected chi connectivity index (χ2v) is 9.42. The van der Waals surface area contributed by atoms with Crippen molar-refractivity contribution >= 4 is 5.91 Å². The van der Waals surface area contributed by atoms with Crippen LogP contribution >= 0.6 is 0 Å². The van der Waals surface area contributed by atoms with Gasteiger partial charge in [0.25, 0.3) is 6.43 Å². The average Bonchev–Trinajstić information content (AvgIpc) is 3.23. The van der Waals surface area contributed by atoms with Gasteiger partial charge in [0.1, 0.15) is 0 Å². The fourth-order valence-corrected chi connectivity index (χ4v) is 6.18. The summed E-state index contributed by atoms with van der Waals surface area (Å²) < 4.78 is 26.5. The predicted octanol–water partition coefficient (Wildman–Crippen LogP) is 4.82. The Bertz CT molecular complexity index is 940. The number of nitrogens with one attached hydrogen (secondary N) is 1. The minimum absolute atomic E-state index is 0.0904. The molecule has 0 saturated carbocycles. The molecule has 2 aliphatic heterocycles. The van der Waals surface area contributed by atoms with Gasteiger partial charge in [0.2, 0.25) is 5.91 Å². The van der Waals surface area contributed by atoms with Crippen molar-refractivity contribution in [1.29, 1.82) is 0 Å². The van der Waals surface area contributed by atoms with Gasteiger partial charge in [0.05, 0.1) is 5.92 Å². The minimum atomic E-state index is -2.45. The third kappa shape index (κ3) is 3.67. The van der Waals surface area contributed by atoms with E-state index in [1.165, 1.54) is 5.56 Å². The van der Waals surface area contributed by atoms with Gasteiger partial charge in [-0.3, -0.25) is 4.79 Å². The highest BCUT2D eigenvalue weighted by Gasteiger charge is 2.51. The fraction of sp³-hybridized carbons (Fsp3) is 0.500. The van der Waals surface area contributed by atoms with Gasteiger partial charge in [0.15, 0.2) is 0 Å². The van der Waals surface area contributed by atoms with E-state index in [-0.39, 0.29) is 22.8 Å². The molecule has 164 valence electrons. The van der Waals surface area contributed by atoms with Crippen molar-refractivity contribution in [2.75, 3.05) is 26.2 Å². The Morgan fingerprint density at radius 2 is 1.87 bits per heavy atom. The van der Waals surface area contributed by atoms with E-state index in [0.29, 0.717) is 12.5 Å². The molecule has 3 aliphatic rings. The number of fused-ring (bicyclic) bond motifs is 2. The summed E-state index contributed by atoms with van der Waals surface area (Å²) in [6.45, 7) is 3.02. The first kappa shape index (κ1) is 20.6. The molecule has 1 spiro atoms. The van der Waals surface area contributed by atoms with E-state index < -0.39 is 6.43 Å². The Morgan fingerprint density at radius 3 is 2.61 bits per heavy atom. The number of carbonyl (C=O) groups excluding carboxylic acids is 1. The first-order chi connectivity index (χ1) is 15.1. The van der Waals surface area contributed by atoms with Crippen LogP contribution in [0.5, 0.6) is 0 Å². The van der Waals surface area contributed by atoms with Crippen LogP contribution in [0.1, 0.15) is 60.3 Å². The normalized spacial score (nSPS) is 26.4. The van der Waals surface area contributed by atoms with Crippen molar-refractivity contribution in [3.63, 3.8) is 0 Å². The molecule has 0 radical (unpaired) electrons. The Balaban J connectivity index is 1.35. The summed E-state index contributed by atoms with van der Waals surface area (Å²) in [6.07, 6.45) is 2.25. The molecular weight excluding hydrogens is 394 g/mol. The number of likely N-dealkylation sites (tertiary alicyclic amines) is 1. The van der Waals surface area contributed by atoms with Crippen LogP contribution in [-0.2, 0) is 16.6 Å². The topological polar surface area (TPSA) is 32.3 Å². The largest absolute Gasteiger partial charge is 0.342 e. The maximum atomic E-state index is 13.7. The van der Waals surface area contributed by atoms with Crippen molar-refractivity contribution in [3.05, 3.63) is 70.8 Å². The Hall–Kier alpha value is -2.27. The summed E-state index contributed by atoms with van der Waals surface area (Å²) in [5.74, 6) is 0.642. The molecule has 1 unspecified atom stereocenters. The number of aryl methyl sites for hydroxylation is 1. The molecule has 0 bridgehead atoms. The molecule has 2 atom stereocenters. The zero-order valence-electron chi connectivity index (χ0n) is 17.8. The highest BCUT2D eigenvalue weighted by Crippen LogP contribution is 2.46. The molecule has 2 fully saturated rings. The molecule has 1 amide bonds. The second kappa shape index (κ2) is 8.34. The van der Waals surface area contributed by atoms with E-state index in [2.05, 4.69) is 34.5 Å². The summed E-state index contributed by atoms with van der Waals surface area (Å²) in [4.78, 5) is 15.7. The lowest BCUT2D eigenvalue weighted by Gasteiger charge is -2.42. The number of hydrogen-bond donors (Lipinski definition) is 1. The van der Waals surface area contributed by atoms with E-state index in [9.17, 15) is 13.6 Å². The van der Waals surface area contributed by atoms with Crippen molar-refractivity contribution < 1.29 is 13.6 Å². The summed E-state index contributed by atoms with van der Waals surface area (Å²) in [5, 5.41) is 3.47. The number of piperidine rings is 1. The summed E-state index contributed by atoms with van der Waals surface area (Å²) in [6, 6.07) is 15.7. The first-order valence-corrected chi connectivity index (χ1v) is 11.5. The molecule has 5 heteroatoms. The van der Waals surface area contributed by atoms with E-state index in [1.54, 1.807) is 12.1 Å². The van der Waals surface area contributed by atoms with Crippen LogP contribution in [0.2, 0.25) is 0 Å². The van der Waals surface area contributed by atoms with Crippen molar-refractivity contribution in [2.24, 2.45) is 5.92 Å². The molecular formula is C26H30F2N2O. The fourth-order valence-electron chi connectivity index (χ4n) is 6.18. The number of benzene rings is 2. The van der Waals surface area contributed by atoms with Crippen LogP contribution in [0.4, 0.5) is 8.78 Å². The van der Waals surface area contributed by atoms with Gasteiger partial charge >= 0.3 is 0 Å². The van der Waals surface area contributed by atoms with Crippen LogP contribution in [0.25, 0.3) is 0 Å². The van der Waals surface area contributed by atoms with Gasteiger partial charge in [-0.15, -0.1) is 0 Å². The SMILES string of the molecule is O=C([C@@H]1CNCC12CCCc1cc(C(F)F)ccc12)N1CCC(c2ccccc2)CC1. The Kier molecular flexibility index (Phi) is 5.55. The van der Waals surface area contributed by atoms with Gasteiger partial charge in [0, 0.05) is 37.2 Å². The third-order valence-corrected chi connectivity index (χ3v) is 7.82. The number of amides is 1. The number of carbonyl (C=O) groups is 1. The first-order valence-electron chi connectivity index (χ1n) is 11.5. The molecule has 1 aliphatic carbocycles. The van der Waals surface area contributed by atoms with Crippen molar-refractivity contribution in [1.82, 2.24) is 10.2 Å². The molecule has 3 nitrogen and oxygen atoms in total. The van der Waals surface area contributed by atoms with E-state index in [4.69, 9.17) is 0 Å². The maximum absolute atomic E-state index is 13.7. The lowest BCUT2D eigenvalue weighted by molar-refractivity contribution is -0.138. The molecule has 31 heavy (non-hydrogen) atoms. The quantitative estimate of drug-likeness (QED) is 0.766. The van der Waals surface area contributed by atoms with E-state index >= 15 is 0 Å². The predicted molar refractivity (Wildman–Crippen MR) is 117 cm³/mol. The van der Waals surface area contributed by atoms with Crippen LogP contribution in [0.15, 0.2) is 48.5 Å². The third-order valence-electron chi connectivity index (χ3n) is 7.82. The van der Waals surface area contributed by atoms with E-state index in [0.717, 1.165) is 62.9 Å². The van der Waals surface area contributed by atoms with Gasteiger partial charge in [-0.2, -0.15) is 0 Å². The molecule has 5 rings (SSSR count). The van der Waals surface area contributed by atoms with Gasteiger partial charge in [-0.1, -0.05) is 42.5 Å². The highest BCUT2D eigenvalue weighted by atomic mass is 19.3. The standard InChI is InChI=1S/C26H30F2N2O/c27-24(28)21-8-9-22-20(15-21)7-4-12-26(22)17-29-16-23(26)25(31)30-13-10-19(11-14-30)18-5-2-1-3-6-18/h1-3,5-6,8-9,15,19,23-24,29H,4,7,10-14,16-17H2/t23-,26?/m0/s1. The number of hydrogen-bond acceptors (Lipinski definition) is 2. The lowest BCUT2D eigenvalue weighted by Crippen LogP contribution is -2.49. The molecule has 1 N–H and O–H groups in total. The number of alkyl halides is 2. The molecule has 2 heterocycles. The molecule has 2 aromatic carbocycles. The Labute approximate surface area is 182 Å². The average molecular weight is 425 g/mol. The van der Waals surface area contributed by atoms with Crippen LogP contribution in [-0.4, -0.2) is 37.0 Å². The van der Waals surface area contributed by atoms with Crippen LogP contribution in [0.3, 0.4) is 0 Å². The summed E-state index contributed by atoms with van der Waals surface area (Å²) in [7, 11) is 0. The summed E-state index contributed by atoms with van der Waals surface area (Å²) >= 11 is 0. The zero-order chi connectivity index (χ0) is 21.4. The van der Waals surface area contributed by atoms with Gasteiger partial charge < -0.3 is 10.2 Å². The van der Waals surface area contributed by atoms with Crippen molar-refractivity contribution in [2.45, 2.75) is 49.9 Å². The monoisotopic (exact) mass is 424 g/mol. The molecule has 2 saturated heterocycles. The Morgan fingerprint density at radius 1 is 1.10 bits per heavy atom. The second-order valence-electron chi connectivity index (χ2n) is 9.42. The smallest absolute Gasteiger partial charge is 0.263 e. The number of rotatable bonds is 3. The number of halogens is 2.